The number of aromatic nitrogens is 1. The van der Waals surface area contributed by atoms with Gasteiger partial charge < -0.3 is 19.8 Å². The summed E-state index contributed by atoms with van der Waals surface area (Å²) in [7, 11) is 0. The number of para-hydroxylation sites is 1. The Hall–Kier alpha value is -4.59. The minimum absolute atomic E-state index is 0.0642. The zero-order chi connectivity index (χ0) is 23.1. The fourth-order valence-corrected chi connectivity index (χ4v) is 4.14. The predicted octanol–water partition coefficient (Wildman–Crippen LogP) is 4.35. The first-order valence-corrected chi connectivity index (χ1v) is 10.2. The lowest BCUT2D eigenvalue weighted by Gasteiger charge is -2.23. The number of carbonyl (C=O) groups is 3. The van der Waals surface area contributed by atoms with Crippen molar-refractivity contribution < 1.29 is 23.9 Å². The van der Waals surface area contributed by atoms with Crippen LogP contribution in [0.4, 0.5) is 11.4 Å². The number of aliphatic hydroxyl groups excluding tert-OH is 1. The van der Waals surface area contributed by atoms with Crippen molar-refractivity contribution in [1.82, 2.24) is 4.98 Å². The Balaban J connectivity index is 1.66. The van der Waals surface area contributed by atoms with Crippen molar-refractivity contribution in [2.75, 3.05) is 10.2 Å². The highest BCUT2D eigenvalue weighted by Gasteiger charge is 2.48. The molecule has 4 aromatic rings. The molecule has 33 heavy (non-hydrogen) atoms. The molecule has 0 radical (unpaired) electrons. The van der Waals surface area contributed by atoms with Gasteiger partial charge in [0.05, 0.1) is 11.8 Å². The predicted molar refractivity (Wildman–Crippen MR) is 123 cm³/mol. The molecule has 0 saturated carbocycles. The van der Waals surface area contributed by atoms with Gasteiger partial charge in [-0.25, -0.2) is 0 Å². The molecule has 8 nitrogen and oxygen atoms in total. The van der Waals surface area contributed by atoms with Crippen LogP contribution in [0, 0.1) is 0 Å². The quantitative estimate of drug-likeness (QED) is 0.247. The monoisotopic (exact) mass is 441 g/mol. The number of Topliss-reactive ketones (excluding diaryl/α,β-unsaturated/α-hetero) is 1. The molecule has 3 heterocycles. The topological polar surface area (TPSA) is 116 Å². The summed E-state index contributed by atoms with van der Waals surface area (Å²) in [6.07, 6.45) is 3.05. The summed E-state index contributed by atoms with van der Waals surface area (Å²) in [6, 6.07) is 16.2. The highest BCUT2D eigenvalue weighted by Crippen LogP contribution is 2.43. The van der Waals surface area contributed by atoms with Crippen molar-refractivity contribution in [2.45, 2.75) is 13.0 Å². The van der Waals surface area contributed by atoms with E-state index in [4.69, 9.17) is 4.42 Å². The standard InChI is InChI=1S/C25H19N3O5/c1-14(29)27-15-8-10-16(11-9-15)28-22(20-7-4-12-33-20)21(24(31)25(28)32)23(30)18-13-26-19-6-3-2-5-17(18)19/h2-13,22,26,30H,1H3,(H,27,29)/b23-21-. The molecule has 0 bridgehead atoms. The maximum absolute atomic E-state index is 13.2. The van der Waals surface area contributed by atoms with Gasteiger partial charge in [0.15, 0.2) is 0 Å². The van der Waals surface area contributed by atoms with E-state index in [9.17, 15) is 19.5 Å². The number of aliphatic hydroxyl groups is 1. The molecular weight excluding hydrogens is 422 g/mol. The minimum Gasteiger partial charge on any atom is -0.507 e. The average Bonchev–Trinajstić information content (AvgIpc) is 3.53. The summed E-state index contributed by atoms with van der Waals surface area (Å²) in [4.78, 5) is 42.0. The van der Waals surface area contributed by atoms with Gasteiger partial charge in [-0.3, -0.25) is 19.3 Å². The Morgan fingerprint density at radius 3 is 2.52 bits per heavy atom. The second kappa shape index (κ2) is 7.83. The van der Waals surface area contributed by atoms with Crippen molar-refractivity contribution >= 4 is 45.6 Å². The lowest BCUT2D eigenvalue weighted by atomic mass is 9.99. The van der Waals surface area contributed by atoms with E-state index in [2.05, 4.69) is 10.3 Å². The number of fused-ring (bicyclic) bond motifs is 1. The molecule has 3 N–H and O–H groups in total. The van der Waals surface area contributed by atoms with Crippen molar-refractivity contribution in [2.24, 2.45) is 0 Å². The van der Waals surface area contributed by atoms with E-state index < -0.39 is 17.7 Å². The highest BCUT2D eigenvalue weighted by molar-refractivity contribution is 6.51. The number of hydrogen-bond donors (Lipinski definition) is 3. The smallest absolute Gasteiger partial charge is 0.300 e. The van der Waals surface area contributed by atoms with E-state index in [-0.39, 0.29) is 17.2 Å². The van der Waals surface area contributed by atoms with E-state index in [0.29, 0.717) is 22.7 Å². The molecule has 164 valence electrons. The largest absolute Gasteiger partial charge is 0.507 e. The van der Waals surface area contributed by atoms with E-state index in [1.807, 2.05) is 24.3 Å². The number of rotatable bonds is 4. The van der Waals surface area contributed by atoms with Crippen LogP contribution < -0.4 is 10.2 Å². The van der Waals surface area contributed by atoms with Crippen molar-refractivity contribution in [3.05, 3.63) is 90.0 Å². The van der Waals surface area contributed by atoms with Crippen molar-refractivity contribution in [3.63, 3.8) is 0 Å². The first kappa shape index (κ1) is 20.3. The molecule has 2 aromatic carbocycles. The van der Waals surface area contributed by atoms with Crippen LogP contribution in [0.2, 0.25) is 0 Å². The molecule has 2 aromatic heterocycles. The molecule has 2 amide bonds. The number of hydrogen-bond acceptors (Lipinski definition) is 5. The zero-order valence-electron chi connectivity index (χ0n) is 17.5. The number of ketones is 1. The van der Waals surface area contributed by atoms with Crippen molar-refractivity contribution in [3.8, 4) is 0 Å². The SMILES string of the molecule is CC(=O)Nc1ccc(N2C(=O)C(=O)/C(=C(\O)c3c[nH]c4ccccc34)C2c2ccco2)cc1. The summed E-state index contributed by atoms with van der Waals surface area (Å²) < 4.78 is 5.57. The molecule has 8 heteroatoms. The molecule has 1 fully saturated rings. The maximum atomic E-state index is 13.2. The van der Waals surface area contributed by atoms with Gasteiger partial charge in [-0.15, -0.1) is 0 Å². The van der Waals surface area contributed by atoms with Crippen molar-refractivity contribution in [1.29, 1.82) is 0 Å². The third-order valence-electron chi connectivity index (χ3n) is 5.57. The first-order chi connectivity index (χ1) is 16.0. The van der Waals surface area contributed by atoms with Gasteiger partial charge in [-0.05, 0) is 42.5 Å². The maximum Gasteiger partial charge on any atom is 0.300 e. The van der Waals surface area contributed by atoms with Gasteiger partial charge in [-0.1, -0.05) is 18.2 Å². The zero-order valence-corrected chi connectivity index (χ0v) is 17.5. The lowest BCUT2D eigenvalue weighted by molar-refractivity contribution is -0.132. The number of benzene rings is 2. The summed E-state index contributed by atoms with van der Waals surface area (Å²) in [5, 5.41) is 14.6. The van der Waals surface area contributed by atoms with Crippen LogP contribution >= 0.6 is 0 Å². The van der Waals surface area contributed by atoms with Crippen LogP contribution in [-0.2, 0) is 14.4 Å². The Bertz CT molecular complexity index is 1410. The number of nitrogens with zero attached hydrogens (tertiary/aromatic N) is 1. The molecule has 5 rings (SSSR count). The third kappa shape index (κ3) is 3.38. The molecule has 1 atom stereocenters. The normalized spacial score (nSPS) is 17.6. The lowest BCUT2D eigenvalue weighted by Crippen LogP contribution is -2.29. The molecular formula is C25H19N3O5. The van der Waals surface area contributed by atoms with Crippen LogP contribution in [0.25, 0.3) is 16.7 Å². The Labute approximate surface area is 188 Å². The van der Waals surface area contributed by atoms with Gasteiger partial charge in [0.25, 0.3) is 11.7 Å². The van der Waals surface area contributed by atoms with Gasteiger partial charge in [-0.2, -0.15) is 0 Å². The third-order valence-corrected chi connectivity index (χ3v) is 5.57. The molecule has 1 unspecified atom stereocenters. The molecule has 0 spiro atoms. The number of amides is 2. The molecule has 1 aliphatic rings. The van der Waals surface area contributed by atoms with Crippen LogP contribution in [0.1, 0.15) is 24.3 Å². The molecule has 0 aliphatic carbocycles. The van der Waals surface area contributed by atoms with Gasteiger partial charge in [0.1, 0.15) is 17.6 Å². The summed E-state index contributed by atoms with van der Waals surface area (Å²) in [5.74, 6) is -1.78. The molecule has 1 aliphatic heterocycles. The second-order valence-electron chi connectivity index (χ2n) is 7.66. The van der Waals surface area contributed by atoms with E-state index in [1.165, 1.54) is 18.1 Å². The summed E-state index contributed by atoms with van der Waals surface area (Å²) >= 11 is 0. The van der Waals surface area contributed by atoms with E-state index >= 15 is 0 Å². The number of carbonyl (C=O) groups excluding carboxylic acids is 3. The Morgan fingerprint density at radius 2 is 1.82 bits per heavy atom. The van der Waals surface area contributed by atoms with Gasteiger partial charge in [0.2, 0.25) is 5.91 Å². The number of H-pyrrole nitrogens is 1. The average molecular weight is 441 g/mol. The fraction of sp³-hybridized carbons (Fsp3) is 0.0800. The van der Waals surface area contributed by atoms with Gasteiger partial charge >= 0.3 is 0 Å². The second-order valence-corrected chi connectivity index (χ2v) is 7.66. The summed E-state index contributed by atoms with van der Waals surface area (Å²) in [5.41, 5.74) is 2.12. The Kier molecular flexibility index (Phi) is 4.82. The molecule has 1 saturated heterocycles. The first-order valence-electron chi connectivity index (χ1n) is 10.2. The summed E-state index contributed by atoms with van der Waals surface area (Å²) in [6.45, 7) is 1.40. The number of nitrogens with one attached hydrogen (secondary N) is 2. The van der Waals surface area contributed by atoms with E-state index in [0.717, 1.165) is 10.9 Å². The van der Waals surface area contributed by atoms with Crippen LogP contribution in [-0.4, -0.2) is 27.7 Å². The number of aromatic amines is 1. The number of furan rings is 1. The minimum atomic E-state index is -0.958. The van der Waals surface area contributed by atoms with Gasteiger partial charge in [0, 0.05) is 41.0 Å². The van der Waals surface area contributed by atoms with E-state index in [1.54, 1.807) is 42.6 Å². The highest BCUT2D eigenvalue weighted by atomic mass is 16.3. The fourth-order valence-electron chi connectivity index (χ4n) is 4.14. The van der Waals surface area contributed by atoms with Crippen LogP contribution in [0.15, 0.2) is 83.1 Å². The van der Waals surface area contributed by atoms with Crippen LogP contribution in [0.3, 0.4) is 0 Å². The Morgan fingerprint density at radius 1 is 1.06 bits per heavy atom. The van der Waals surface area contributed by atoms with Crippen LogP contribution in [0.5, 0.6) is 0 Å². The number of anilines is 2.